The third kappa shape index (κ3) is 3.27. The normalized spacial score (nSPS) is 23.0. The third-order valence-corrected chi connectivity index (χ3v) is 5.49. The Balaban J connectivity index is 1.69. The fourth-order valence-electron chi connectivity index (χ4n) is 2.77. The maximum absolute atomic E-state index is 12.4. The predicted octanol–water partition coefficient (Wildman–Crippen LogP) is 0.613. The van der Waals surface area contributed by atoms with Crippen molar-refractivity contribution in [2.75, 3.05) is 19.6 Å². The van der Waals surface area contributed by atoms with Crippen LogP contribution in [0.2, 0.25) is 0 Å². The summed E-state index contributed by atoms with van der Waals surface area (Å²) in [5.74, 6) is -0.306. The van der Waals surface area contributed by atoms with Crippen molar-refractivity contribution >= 4 is 28.0 Å². The number of urea groups is 1. The van der Waals surface area contributed by atoms with Crippen LogP contribution in [0.3, 0.4) is 0 Å². The van der Waals surface area contributed by atoms with Crippen LogP contribution in [0, 0.1) is 0 Å². The highest BCUT2D eigenvalue weighted by Crippen LogP contribution is 2.21. The number of hydrogen-bond donors (Lipinski definition) is 1. The van der Waals surface area contributed by atoms with Crippen LogP contribution >= 0.6 is 0 Å². The molecule has 2 fully saturated rings. The van der Waals surface area contributed by atoms with Crippen LogP contribution in [0.25, 0.3) is 6.08 Å². The first-order chi connectivity index (χ1) is 11.0. The van der Waals surface area contributed by atoms with Crippen LogP contribution in [0.15, 0.2) is 35.7 Å². The van der Waals surface area contributed by atoms with Crippen molar-refractivity contribution in [2.24, 2.45) is 0 Å². The van der Waals surface area contributed by atoms with Gasteiger partial charge in [0.1, 0.15) is 0 Å². The lowest BCUT2D eigenvalue weighted by Gasteiger charge is -2.20. The highest BCUT2D eigenvalue weighted by Gasteiger charge is 2.40. The Bertz CT molecular complexity index is 729. The molecule has 0 spiro atoms. The Kier molecular flexibility index (Phi) is 4.18. The van der Waals surface area contributed by atoms with Gasteiger partial charge in [-0.3, -0.25) is 9.69 Å². The number of carbonyl (C=O) groups is 2. The summed E-state index contributed by atoms with van der Waals surface area (Å²) in [5.41, 5.74) is 0.793. The molecule has 0 radical (unpaired) electrons. The van der Waals surface area contributed by atoms with Crippen molar-refractivity contribution in [2.45, 2.75) is 12.5 Å². The fraction of sp³-hybridized carbons (Fsp3) is 0.333. The van der Waals surface area contributed by atoms with Crippen molar-refractivity contribution in [3.8, 4) is 0 Å². The van der Waals surface area contributed by atoms with E-state index in [0.29, 0.717) is 13.0 Å². The quantitative estimate of drug-likeness (QED) is 0.817. The topological polar surface area (TPSA) is 86.8 Å². The molecular weight excluding hydrogens is 318 g/mol. The molecule has 2 aliphatic heterocycles. The van der Waals surface area contributed by atoms with Crippen LogP contribution in [0.1, 0.15) is 12.0 Å². The molecule has 1 unspecified atom stereocenters. The van der Waals surface area contributed by atoms with Crippen LogP contribution in [-0.4, -0.2) is 55.2 Å². The lowest BCUT2D eigenvalue weighted by Crippen LogP contribution is -2.42. The van der Waals surface area contributed by atoms with Gasteiger partial charge in [0, 0.05) is 18.5 Å². The predicted molar refractivity (Wildman–Crippen MR) is 84.6 cm³/mol. The van der Waals surface area contributed by atoms with E-state index in [9.17, 15) is 18.0 Å². The highest BCUT2D eigenvalue weighted by molar-refractivity contribution is 7.92. The molecule has 8 heteroatoms. The number of nitrogens with zero attached hydrogens (tertiary/aromatic N) is 2. The number of imide groups is 1. The molecule has 1 N–H and O–H groups in total. The van der Waals surface area contributed by atoms with Gasteiger partial charge < -0.3 is 5.32 Å². The number of rotatable bonds is 4. The van der Waals surface area contributed by atoms with Crippen molar-refractivity contribution < 1.29 is 18.0 Å². The minimum atomic E-state index is -3.57. The van der Waals surface area contributed by atoms with Gasteiger partial charge in [-0.15, -0.1) is 0 Å². The maximum atomic E-state index is 12.4. The molecule has 0 bridgehead atoms. The van der Waals surface area contributed by atoms with Crippen molar-refractivity contribution in [1.82, 2.24) is 14.5 Å². The van der Waals surface area contributed by atoms with E-state index in [4.69, 9.17) is 0 Å². The molecule has 0 aromatic heterocycles. The molecule has 2 heterocycles. The average Bonchev–Trinajstić information content (AvgIpc) is 3.14. The number of amides is 3. The van der Waals surface area contributed by atoms with E-state index in [1.54, 1.807) is 0 Å². The standard InChI is InChI=1S/C15H17N3O4S/c19-14-10-16-15(20)18(14)13-6-8-17(11-13)23(21,22)9-7-12-4-2-1-3-5-12/h1-5,7,9,13H,6,8,10-11H2,(H,16,20)/b9-7+. The average molecular weight is 335 g/mol. The van der Waals surface area contributed by atoms with Crippen LogP contribution in [0.4, 0.5) is 4.79 Å². The monoisotopic (exact) mass is 335 g/mol. The summed E-state index contributed by atoms with van der Waals surface area (Å²) in [6.45, 7) is 0.416. The van der Waals surface area contributed by atoms with Gasteiger partial charge >= 0.3 is 6.03 Å². The van der Waals surface area contributed by atoms with E-state index in [2.05, 4.69) is 5.32 Å². The van der Waals surface area contributed by atoms with Crippen molar-refractivity contribution in [3.63, 3.8) is 0 Å². The number of nitrogens with one attached hydrogen (secondary N) is 1. The summed E-state index contributed by atoms with van der Waals surface area (Å²) in [7, 11) is -3.57. The first-order valence-electron chi connectivity index (χ1n) is 7.30. The van der Waals surface area contributed by atoms with E-state index in [1.807, 2.05) is 30.3 Å². The van der Waals surface area contributed by atoms with Crippen molar-refractivity contribution in [3.05, 3.63) is 41.3 Å². The molecule has 2 saturated heterocycles. The molecule has 0 saturated carbocycles. The second-order valence-corrected chi connectivity index (χ2v) is 7.30. The SMILES string of the molecule is O=C1CNC(=O)N1C1CCN(S(=O)(=O)/C=C/c2ccccc2)C1. The van der Waals surface area contributed by atoms with E-state index in [1.165, 1.54) is 10.4 Å². The Morgan fingerprint density at radius 1 is 1.17 bits per heavy atom. The van der Waals surface area contributed by atoms with Gasteiger partial charge in [0.25, 0.3) is 0 Å². The number of benzene rings is 1. The molecule has 3 rings (SSSR count). The smallest absolute Gasteiger partial charge is 0.324 e. The molecule has 1 atom stereocenters. The highest BCUT2D eigenvalue weighted by atomic mass is 32.2. The molecular formula is C15H17N3O4S. The van der Waals surface area contributed by atoms with Gasteiger partial charge in [0.2, 0.25) is 15.9 Å². The fourth-order valence-corrected chi connectivity index (χ4v) is 4.01. The van der Waals surface area contributed by atoms with Gasteiger partial charge in [-0.2, -0.15) is 4.31 Å². The Morgan fingerprint density at radius 2 is 1.91 bits per heavy atom. The molecule has 23 heavy (non-hydrogen) atoms. The summed E-state index contributed by atoms with van der Waals surface area (Å²) in [6.07, 6.45) is 1.99. The second-order valence-electron chi connectivity index (χ2n) is 5.48. The minimum absolute atomic E-state index is 0.0179. The largest absolute Gasteiger partial charge is 0.329 e. The van der Waals surface area contributed by atoms with Gasteiger partial charge in [-0.05, 0) is 18.1 Å². The number of hydrogen-bond acceptors (Lipinski definition) is 4. The first-order valence-corrected chi connectivity index (χ1v) is 8.81. The van der Waals surface area contributed by atoms with Gasteiger partial charge in [0.15, 0.2) is 0 Å². The second kappa shape index (κ2) is 6.13. The molecule has 2 aliphatic rings. The van der Waals surface area contributed by atoms with E-state index >= 15 is 0 Å². The van der Waals surface area contributed by atoms with Gasteiger partial charge in [0.05, 0.1) is 12.6 Å². The summed E-state index contributed by atoms with van der Waals surface area (Å²) >= 11 is 0. The Labute approximate surface area is 134 Å². The van der Waals surface area contributed by atoms with Crippen LogP contribution in [0.5, 0.6) is 0 Å². The van der Waals surface area contributed by atoms with Gasteiger partial charge in [-0.1, -0.05) is 30.3 Å². The zero-order valence-electron chi connectivity index (χ0n) is 12.4. The van der Waals surface area contributed by atoms with E-state index in [-0.39, 0.29) is 19.0 Å². The first kappa shape index (κ1) is 15.7. The molecule has 3 amide bonds. The van der Waals surface area contributed by atoms with Gasteiger partial charge in [-0.25, -0.2) is 13.2 Å². The van der Waals surface area contributed by atoms with Crippen LogP contribution in [-0.2, 0) is 14.8 Å². The zero-order chi connectivity index (χ0) is 16.4. The summed E-state index contributed by atoms with van der Waals surface area (Å²) < 4.78 is 26.0. The molecule has 1 aromatic carbocycles. The number of carbonyl (C=O) groups excluding carboxylic acids is 2. The lowest BCUT2D eigenvalue weighted by molar-refractivity contribution is -0.126. The molecule has 0 aliphatic carbocycles. The lowest BCUT2D eigenvalue weighted by atomic mass is 10.2. The zero-order valence-corrected chi connectivity index (χ0v) is 13.2. The Hall–Kier alpha value is -2.19. The molecule has 1 aromatic rings. The van der Waals surface area contributed by atoms with E-state index < -0.39 is 22.1 Å². The third-order valence-electron chi connectivity index (χ3n) is 3.96. The number of sulfonamides is 1. The van der Waals surface area contributed by atoms with E-state index in [0.717, 1.165) is 15.9 Å². The van der Waals surface area contributed by atoms with Crippen LogP contribution < -0.4 is 5.32 Å². The summed E-state index contributed by atoms with van der Waals surface area (Å²) in [5, 5.41) is 3.62. The molecule has 122 valence electrons. The Morgan fingerprint density at radius 3 is 2.57 bits per heavy atom. The summed E-state index contributed by atoms with van der Waals surface area (Å²) in [4.78, 5) is 24.5. The summed E-state index contributed by atoms with van der Waals surface area (Å²) in [6, 6.07) is 8.29. The van der Waals surface area contributed by atoms with Crippen molar-refractivity contribution in [1.29, 1.82) is 0 Å². The molecule has 7 nitrogen and oxygen atoms in total. The maximum Gasteiger partial charge on any atom is 0.324 e. The minimum Gasteiger partial charge on any atom is -0.329 e.